The number of fused-ring (bicyclic) bond motifs is 1. The number of furan rings is 1. The molecule has 2 aromatic rings. The number of hydrogen-bond acceptors (Lipinski definition) is 4. The fourth-order valence-electron chi connectivity index (χ4n) is 3.08. The van der Waals surface area contributed by atoms with Crippen LogP contribution in [0.25, 0.3) is 0 Å². The van der Waals surface area contributed by atoms with Crippen LogP contribution in [0.1, 0.15) is 55.3 Å². The van der Waals surface area contributed by atoms with Crippen molar-refractivity contribution in [1.29, 1.82) is 0 Å². The third kappa shape index (κ3) is 3.75. The van der Waals surface area contributed by atoms with Crippen LogP contribution in [0.5, 0.6) is 0 Å². The van der Waals surface area contributed by atoms with Gasteiger partial charge in [-0.1, -0.05) is 13.8 Å². The largest absolute Gasteiger partial charge is 0.467 e. The molecule has 2 aromatic heterocycles. The van der Waals surface area contributed by atoms with E-state index in [0.717, 1.165) is 5.82 Å². The van der Waals surface area contributed by atoms with Gasteiger partial charge < -0.3 is 19.2 Å². The molecule has 1 atom stereocenters. The number of nitrogens with one attached hydrogen (secondary N) is 1. The quantitative estimate of drug-likeness (QED) is 0.903. The van der Waals surface area contributed by atoms with E-state index in [9.17, 15) is 9.59 Å². The first kappa shape index (κ1) is 17.3. The van der Waals surface area contributed by atoms with Crippen molar-refractivity contribution >= 4 is 11.8 Å². The monoisotopic (exact) mass is 344 g/mol. The van der Waals surface area contributed by atoms with Crippen LogP contribution in [-0.2, 0) is 17.9 Å². The number of carbonyl (C=O) groups is 2. The zero-order valence-electron chi connectivity index (χ0n) is 14.9. The fraction of sp³-hybridized carbons (Fsp3) is 0.500. The molecule has 3 heterocycles. The molecule has 0 bridgehead atoms. The van der Waals surface area contributed by atoms with Gasteiger partial charge in [-0.25, -0.2) is 4.98 Å². The van der Waals surface area contributed by atoms with Crippen LogP contribution in [-0.4, -0.2) is 32.8 Å². The summed E-state index contributed by atoms with van der Waals surface area (Å²) in [4.78, 5) is 31.0. The second kappa shape index (κ2) is 7.13. The Balaban J connectivity index is 1.69. The smallest absolute Gasteiger partial charge is 0.271 e. The lowest BCUT2D eigenvalue weighted by atomic mass is 10.1. The Hall–Kier alpha value is -2.57. The Morgan fingerprint density at radius 3 is 2.88 bits per heavy atom. The number of carbonyl (C=O) groups excluding carboxylic acids is 2. The van der Waals surface area contributed by atoms with Gasteiger partial charge in [-0.2, -0.15) is 0 Å². The molecule has 0 aliphatic carbocycles. The van der Waals surface area contributed by atoms with Gasteiger partial charge in [0.25, 0.3) is 5.91 Å². The number of nitrogens with zero attached hydrogens (tertiary/aromatic N) is 3. The molecule has 7 heteroatoms. The van der Waals surface area contributed by atoms with Crippen molar-refractivity contribution in [3.05, 3.63) is 41.9 Å². The molecular formula is C18H24N4O3. The van der Waals surface area contributed by atoms with Gasteiger partial charge in [-0.3, -0.25) is 9.59 Å². The first-order chi connectivity index (χ1) is 12.0. The molecule has 1 N–H and O–H groups in total. The van der Waals surface area contributed by atoms with Crippen molar-refractivity contribution in [3.63, 3.8) is 0 Å². The molecular weight excluding hydrogens is 320 g/mol. The van der Waals surface area contributed by atoms with E-state index >= 15 is 0 Å². The maximum absolute atomic E-state index is 12.4. The van der Waals surface area contributed by atoms with E-state index in [1.54, 1.807) is 24.6 Å². The average Bonchev–Trinajstić information content (AvgIpc) is 3.21. The summed E-state index contributed by atoms with van der Waals surface area (Å²) in [6.45, 7) is 7.65. The van der Waals surface area contributed by atoms with Crippen molar-refractivity contribution < 1.29 is 14.0 Å². The van der Waals surface area contributed by atoms with Crippen molar-refractivity contribution in [2.24, 2.45) is 5.92 Å². The highest BCUT2D eigenvalue weighted by molar-refractivity contribution is 5.92. The van der Waals surface area contributed by atoms with Gasteiger partial charge in [-0.15, -0.1) is 0 Å². The highest BCUT2D eigenvalue weighted by Crippen LogP contribution is 2.26. The molecule has 2 amide bonds. The maximum Gasteiger partial charge on any atom is 0.271 e. The molecule has 0 spiro atoms. The molecule has 1 aliphatic rings. The Kier molecular flexibility index (Phi) is 4.92. The van der Waals surface area contributed by atoms with Crippen molar-refractivity contribution in [1.82, 2.24) is 19.8 Å². The number of amides is 2. The van der Waals surface area contributed by atoms with Gasteiger partial charge in [0.1, 0.15) is 17.3 Å². The fourth-order valence-corrected chi connectivity index (χ4v) is 3.08. The van der Waals surface area contributed by atoms with E-state index in [-0.39, 0.29) is 17.9 Å². The normalized spacial score (nSPS) is 16.8. The minimum Gasteiger partial charge on any atom is -0.467 e. The summed E-state index contributed by atoms with van der Waals surface area (Å²) in [5.41, 5.74) is 0.367. The zero-order chi connectivity index (χ0) is 18.0. The van der Waals surface area contributed by atoms with Crippen LogP contribution in [0, 0.1) is 5.92 Å². The van der Waals surface area contributed by atoms with Crippen molar-refractivity contribution in [2.75, 3.05) is 6.54 Å². The van der Waals surface area contributed by atoms with E-state index in [1.165, 1.54) is 0 Å². The minimum absolute atomic E-state index is 0.133. The summed E-state index contributed by atoms with van der Waals surface area (Å²) in [5.74, 6) is 1.66. The molecule has 0 saturated heterocycles. The molecule has 0 saturated carbocycles. The molecule has 7 nitrogen and oxygen atoms in total. The van der Waals surface area contributed by atoms with Gasteiger partial charge in [0.15, 0.2) is 0 Å². The summed E-state index contributed by atoms with van der Waals surface area (Å²) >= 11 is 0. The summed E-state index contributed by atoms with van der Waals surface area (Å²) in [5, 5.41) is 2.80. The van der Waals surface area contributed by atoms with E-state index in [0.29, 0.717) is 43.4 Å². The van der Waals surface area contributed by atoms with Crippen LogP contribution in [0.3, 0.4) is 0 Å². The van der Waals surface area contributed by atoms with E-state index in [1.807, 2.05) is 30.2 Å². The second-order valence-electron chi connectivity index (χ2n) is 6.80. The van der Waals surface area contributed by atoms with Crippen LogP contribution in [0.4, 0.5) is 0 Å². The number of rotatable bonds is 5. The number of aromatic nitrogens is 2. The lowest BCUT2D eigenvalue weighted by Gasteiger charge is -2.34. The first-order valence-electron chi connectivity index (χ1n) is 8.63. The molecule has 0 fully saturated rings. The topological polar surface area (TPSA) is 80.4 Å². The van der Waals surface area contributed by atoms with Gasteiger partial charge in [0, 0.05) is 25.7 Å². The second-order valence-corrected chi connectivity index (χ2v) is 6.80. The third-order valence-corrected chi connectivity index (χ3v) is 4.37. The predicted molar refractivity (Wildman–Crippen MR) is 91.7 cm³/mol. The van der Waals surface area contributed by atoms with Gasteiger partial charge >= 0.3 is 0 Å². The Morgan fingerprint density at radius 2 is 2.20 bits per heavy atom. The van der Waals surface area contributed by atoms with Crippen molar-refractivity contribution in [3.8, 4) is 0 Å². The van der Waals surface area contributed by atoms with Crippen LogP contribution in [0.15, 0.2) is 29.0 Å². The Morgan fingerprint density at radius 1 is 1.40 bits per heavy atom. The van der Waals surface area contributed by atoms with Crippen LogP contribution >= 0.6 is 0 Å². The SMILES string of the molecule is CC(C)CC(=O)N1CCn2cc(C(=O)NCc3ccco3)nc2C1C. The lowest BCUT2D eigenvalue weighted by Crippen LogP contribution is -2.41. The molecule has 1 unspecified atom stereocenters. The molecule has 3 rings (SSSR count). The Labute approximate surface area is 147 Å². The maximum atomic E-state index is 12.4. The van der Waals surface area contributed by atoms with Gasteiger partial charge in [-0.05, 0) is 25.0 Å². The molecule has 0 radical (unpaired) electrons. The summed E-state index contributed by atoms with van der Waals surface area (Å²) in [7, 11) is 0. The number of imidazole rings is 1. The predicted octanol–water partition coefficient (Wildman–Crippen LogP) is 2.36. The zero-order valence-corrected chi connectivity index (χ0v) is 14.9. The standard InChI is InChI=1S/C18H24N4O3/c1-12(2)9-16(23)22-7-6-21-11-15(20-17(21)13(22)3)18(24)19-10-14-5-4-8-25-14/h4-5,8,11-13H,6-7,9-10H2,1-3H3,(H,19,24). The highest BCUT2D eigenvalue weighted by Gasteiger charge is 2.30. The van der Waals surface area contributed by atoms with Gasteiger partial charge in [0.2, 0.25) is 5.91 Å². The van der Waals surface area contributed by atoms with E-state index < -0.39 is 0 Å². The first-order valence-corrected chi connectivity index (χ1v) is 8.63. The summed E-state index contributed by atoms with van der Waals surface area (Å²) in [6, 6.07) is 3.45. The molecule has 1 aliphatic heterocycles. The van der Waals surface area contributed by atoms with E-state index in [2.05, 4.69) is 10.3 Å². The van der Waals surface area contributed by atoms with Crippen LogP contribution < -0.4 is 5.32 Å². The lowest BCUT2D eigenvalue weighted by molar-refractivity contribution is -0.135. The van der Waals surface area contributed by atoms with Crippen LogP contribution in [0.2, 0.25) is 0 Å². The summed E-state index contributed by atoms with van der Waals surface area (Å²) in [6.07, 6.45) is 3.86. The van der Waals surface area contributed by atoms with Gasteiger partial charge in [0.05, 0.1) is 18.8 Å². The Bertz CT molecular complexity index is 748. The van der Waals surface area contributed by atoms with Crippen molar-refractivity contribution in [2.45, 2.75) is 46.3 Å². The van der Waals surface area contributed by atoms with E-state index in [4.69, 9.17) is 4.42 Å². The average molecular weight is 344 g/mol. The highest BCUT2D eigenvalue weighted by atomic mass is 16.3. The minimum atomic E-state index is -0.245. The molecule has 25 heavy (non-hydrogen) atoms. The third-order valence-electron chi connectivity index (χ3n) is 4.37. The number of hydrogen-bond donors (Lipinski definition) is 1. The summed E-state index contributed by atoms with van der Waals surface area (Å²) < 4.78 is 7.17. The molecule has 0 aromatic carbocycles. The molecule has 134 valence electrons.